The zero-order valence-electron chi connectivity index (χ0n) is 16.4. The van der Waals surface area contributed by atoms with E-state index in [1.165, 1.54) is 12.1 Å². The normalized spacial score (nSPS) is 16.1. The summed E-state index contributed by atoms with van der Waals surface area (Å²) in [7, 11) is 1.94. The molecule has 1 atom stereocenters. The van der Waals surface area contributed by atoms with Crippen LogP contribution in [0.1, 0.15) is 26.4 Å². The number of hydrogen-bond acceptors (Lipinski definition) is 5. The molecule has 0 aliphatic carbocycles. The molecule has 1 aliphatic heterocycles. The van der Waals surface area contributed by atoms with Gasteiger partial charge in [-0.3, -0.25) is 9.69 Å². The first-order chi connectivity index (χ1) is 14.5. The minimum Gasteiger partial charge on any atom is -0.349 e. The van der Waals surface area contributed by atoms with Crippen LogP contribution in [0.5, 0.6) is 0 Å². The van der Waals surface area contributed by atoms with Crippen molar-refractivity contribution in [2.75, 3.05) is 16.8 Å². The standard InChI is InChI=1S/C23H18FN3OS2/c1-14-25-13-21(29-14)19-10-11-20(30-19)22-26(2)18-9-8-15(24)12-17(18)23(28)27(22)16-6-4-3-5-7-16/h3-13,22H,1-2H3. The van der Waals surface area contributed by atoms with Gasteiger partial charge in [0.05, 0.1) is 21.1 Å². The predicted octanol–water partition coefficient (Wildman–Crippen LogP) is 6.11. The molecule has 0 radical (unpaired) electrons. The molecule has 30 heavy (non-hydrogen) atoms. The van der Waals surface area contributed by atoms with Crippen molar-refractivity contribution in [3.63, 3.8) is 0 Å². The lowest BCUT2D eigenvalue weighted by molar-refractivity contribution is 0.0969. The molecule has 7 heteroatoms. The number of para-hydroxylation sites is 1. The molecule has 2 aromatic heterocycles. The lowest BCUT2D eigenvalue weighted by Crippen LogP contribution is -2.48. The smallest absolute Gasteiger partial charge is 0.262 e. The zero-order chi connectivity index (χ0) is 20.8. The van der Waals surface area contributed by atoms with Gasteiger partial charge in [0.15, 0.2) is 0 Å². The number of rotatable bonds is 3. The van der Waals surface area contributed by atoms with Crippen molar-refractivity contribution >= 4 is 40.0 Å². The van der Waals surface area contributed by atoms with E-state index in [9.17, 15) is 9.18 Å². The van der Waals surface area contributed by atoms with Crippen LogP contribution in [0.25, 0.3) is 9.75 Å². The summed E-state index contributed by atoms with van der Waals surface area (Å²) in [6.45, 7) is 1.99. The molecule has 0 saturated carbocycles. The summed E-state index contributed by atoms with van der Waals surface area (Å²) in [5.41, 5.74) is 1.87. The van der Waals surface area contributed by atoms with Gasteiger partial charge in [-0.05, 0) is 49.4 Å². The summed E-state index contributed by atoms with van der Waals surface area (Å²) in [4.78, 5) is 24.9. The average Bonchev–Trinajstić information content (AvgIpc) is 3.40. The fourth-order valence-corrected chi connectivity index (χ4v) is 5.79. The fourth-order valence-electron chi connectivity index (χ4n) is 3.80. The Morgan fingerprint density at radius 1 is 1.00 bits per heavy atom. The SMILES string of the molecule is Cc1ncc(-c2ccc(C3N(C)c4ccc(F)cc4C(=O)N3c3ccccc3)s2)s1. The largest absolute Gasteiger partial charge is 0.349 e. The maximum Gasteiger partial charge on any atom is 0.262 e. The van der Waals surface area contributed by atoms with E-state index in [4.69, 9.17) is 0 Å². The quantitative estimate of drug-likeness (QED) is 0.389. The van der Waals surface area contributed by atoms with Gasteiger partial charge in [0.25, 0.3) is 5.91 Å². The van der Waals surface area contributed by atoms with E-state index in [2.05, 4.69) is 17.1 Å². The van der Waals surface area contributed by atoms with E-state index in [1.807, 2.05) is 55.4 Å². The first-order valence-electron chi connectivity index (χ1n) is 9.46. The van der Waals surface area contributed by atoms with Crippen molar-refractivity contribution in [1.82, 2.24) is 4.98 Å². The highest BCUT2D eigenvalue weighted by molar-refractivity contribution is 7.22. The number of amides is 1. The summed E-state index contributed by atoms with van der Waals surface area (Å²) in [6, 6.07) is 18.1. The maximum atomic E-state index is 13.9. The summed E-state index contributed by atoms with van der Waals surface area (Å²) in [6.07, 6.45) is 1.56. The van der Waals surface area contributed by atoms with Gasteiger partial charge in [-0.1, -0.05) is 18.2 Å². The second-order valence-corrected chi connectivity index (χ2v) is 9.45. The number of thiazole rings is 1. The molecule has 1 amide bonds. The number of thiophene rings is 1. The van der Waals surface area contributed by atoms with E-state index in [0.29, 0.717) is 5.56 Å². The van der Waals surface area contributed by atoms with Crippen LogP contribution in [-0.2, 0) is 0 Å². The van der Waals surface area contributed by atoms with E-state index >= 15 is 0 Å². The number of nitrogens with zero attached hydrogens (tertiary/aromatic N) is 3. The van der Waals surface area contributed by atoms with Gasteiger partial charge < -0.3 is 4.90 Å². The number of benzene rings is 2. The van der Waals surface area contributed by atoms with Gasteiger partial charge in [-0.15, -0.1) is 22.7 Å². The monoisotopic (exact) mass is 435 g/mol. The fraction of sp³-hybridized carbons (Fsp3) is 0.130. The first kappa shape index (κ1) is 19.0. The number of aryl methyl sites for hydroxylation is 1. The molecule has 5 rings (SSSR count). The molecule has 1 unspecified atom stereocenters. The number of fused-ring (bicyclic) bond motifs is 1. The van der Waals surface area contributed by atoms with Gasteiger partial charge in [0.1, 0.15) is 12.0 Å². The van der Waals surface area contributed by atoms with Crippen molar-refractivity contribution in [3.8, 4) is 9.75 Å². The molecule has 4 nitrogen and oxygen atoms in total. The maximum absolute atomic E-state index is 13.9. The van der Waals surface area contributed by atoms with Gasteiger partial charge in [0.2, 0.25) is 0 Å². The molecule has 150 valence electrons. The Hall–Kier alpha value is -3.03. The molecular weight excluding hydrogens is 417 g/mol. The molecule has 0 spiro atoms. The molecule has 3 heterocycles. The molecule has 0 bridgehead atoms. The van der Waals surface area contributed by atoms with Gasteiger partial charge >= 0.3 is 0 Å². The van der Waals surface area contributed by atoms with Crippen molar-refractivity contribution in [2.45, 2.75) is 13.1 Å². The van der Waals surface area contributed by atoms with Crippen LogP contribution in [0.2, 0.25) is 0 Å². The summed E-state index contributed by atoms with van der Waals surface area (Å²) < 4.78 is 13.9. The summed E-state index contributed by atoms with van der Waals surface area (Å²) in [5, 5.41) is 1.02. The second-order valence-electron chi connectivity index (χ2n) is 7.10. The molecular formula is C23H18FN3OS2. The molecule has 0 fully saturated rings. The Morgan fingerprint density at radius 2 is 1.80 bits per heavy atom. The Kier molecular flexibility index (Phi) is 4.64. The highest BCUT2D eigenvalue weighted by Crippen LogP contribution is 2.44. The zero-order valence-corrected chi connectivity index (χ0v) is 18.0. The Labute approximate surface area is 181 Å². The van der Waals surface area contributed by atoms with E-state index in [1.54, 1.807) is 33.6 Å². The van der Waals surface area contributed by atoms with Crippen LogP contribution in [0.15, 0.2) is 66.9 Å². The van der Waals surface area contributed by atoms with Crippen molar-refractivity contribution in [2.24, 2.45) is 0 Å². The van der Waals surface area contributed by atoms with Crippen LogP contribution < -0.4 is 9.80 Å². The van der Waals surface area contributed by atoms with Crippen LogP contribution in [0.3, 0.4) is 0 Å². The van der Waals surface area contributed by atoms with E-state index in [0.717, 1.165) is 31.0 Å². The minimum atomic E-state index is -0.416. The molecule has 0 saturated heterocycles. The number of hydrogen-bond donors (Lipinski definition) is 0. The van der Waals surface area contributed by atoms with Crippen molar-refractivity contribution in [1.29, 1.82) is 0 Å². The number of anilines is 2. The molecule has 0 N–H and O–H groups in total. The van der Waals surface area contributed by atoms with Gasteiger partial charge in [0, 0.05) is 28.7 Å². The Morgan fingerprint density at radius 3 is 2.53 bits per heavy atom. The number of halogens is 1. The lowest BCUT2D eigenvalue weighted by Gasteiger charge is -2.43. The van der Waals surface area contributed by atoms with Crippen LogP contribution in [-0.4, -0.2) is 17.9 Å². The third-order valence-corrected chi connectivity index (χ3v) is 7.41. The third kappa shape index (κ3) is 3.11. The highest BCUT2D eigenvalue weighted by Gasteiger charge is 2.38. The number of aromatic nitrogens is 1. The Balaban J connectivity index is 1.65. The summed E-state index contributed by atoms with van der Waals surface area (Å²) >= 11 is 3.30. The lowest BCUT2D eigenvalue weighted by atomic mass is 10.0. The van der Waals surface area contributed by atoms with Crippen LogP contribution in [0, 0.1) is 12.7 Å². The topological polar surface area (TPSA) is 36.4 Å². The number of carbonyl (C=O) groups excluding carboxylic acids is 1. The van der Waals surface area contributed by atoms with Crippen molar-refractivity contribution < 1.29 is 9.18 Å². The van der Waals surface area contributed by atoms with Crippen molar-refractivity contribution in [3.05, 3.63) is 88.1 Å². The second kappa shape index (κ2) is 7.34. The summed E-state index contributed by atoms with van der Waals surface area (Å²) in [5.74, 6) is -0.622. The minimum absolute atomic E-state index is 0.206. The highest BCUT2D eigenvalue weighted by atomic mass is 32.1. The average molecular weight is 436 g/mol. The van der Waals surface area contributed by atoms with Gasteiger partial charge in [-0.25, -0.2) is 9.37 Å². The number of carbonyl (C=O) groups is 1. The molecule has 2 aromatic carbocycles. The predicted molar refractivity (Wildman–Crippen MR) is 121 cm³/mol. The van der Waals surface area contributed by atoms with E-state index in [-0.39, 0.29) is 12.1 Å². The molecule has 1 aliphatic rings. The Bertz CT molecular complexity index is 1230. The van der Waals surface area contributed by atoms with Gasteiger partial charge in [-0.2, -0.15) is 0 Å². The van der Waals surface area contributed by atoms with Crippen LogP contribution >= 0.6 is 22.7 Å². The third-order valence-electron chi connectivity index (χ3n) is 5.18. The van der Waals surface area contributed by atoms with Crippen LogP contribution in [0.4, 0.5) is 15.8 Å². The first-order valence-corrected chi connectivity index (χ1v) is 11.1. The molecule has 4 aromatic rings. The van der Waals surface area contributed by atoms with E-state index < -0.39 is 5.82 Å².